The lowest BCUT2D eigenvalue weighted by Crippen LogP contribution is -2.19. The normalized spacial score (nSPS) is 11.8. The summed E-state index contributed by atoms with van der Waals surface area (Å²) in [7, 11) is 1.93. The van der Waals surface area contributed by atoms with Crippen LogP contribution in [0.4, 0.5) is 0 Å². The molecule has 0 radical (unpaired) electrons. The number of hydrogen-bond donors (Lipinski definition) is 1. The van der Waals surface area contributed by atoms with Gasteiger partial charge in [-0.2, -0.15) is 0 Å². The number of aromatic carboxylic acids is 1. The van der Waals surface area contributed by atoms with Gasteiger partial charge in [-0.1, -0.05) is 20.8 Å². The van der Waals surface area contributed by atoms with Gasteiger partial charge in [-0.25, -0.2) is 4.79 Å². The fourth-order valence-corrected chi connectivity index (χ4v) is 1.75. The molecule has 0 saturated heterocycles. The van der Waals surface area contributed by atoms with Gasteiger partial charge in [-0.3, -0.25) is 0 Å². The Balaban J connectivity index is 3.34. The highest BCUT2D eigenvalue weighted by Gasteiger charge is 2.25. The number of carbonyl (C=O) groups is 1. The molecule has 0 aliphatic rings. The topological polar surface area (TPSA) is 42.2 Å². The van der Waals surface area contributed by atoms with E-state index in [1.54, 1.807) is 6.07 Å². The lowest BCUT2D eigenvalue weighted by molar-refractivity contribution is 0.0696. The standard InChI is InChI=1S/C12H19NO2/c1-6-12(3,4)10-7-9(11(14)15)8(2)13(10)5/h7H,6H2,1-5H3,(H,14,15). The van der Waals surface area contributed by atoms with Crippen molar-refractivity contribution in [2.24, 2.45) is 7.05 Å². The molecule has 1 aromatic heterocycles. The van der Waals surface area contributed by atoms with E-state index in [0.29, 0.717) is 5.56 Å². The highest BCUT2D eigenvalue weighted by Crippen LogP contribution is 2.29. The van der Waals surface area contributed by atoms with E-state index in [0.717, 1.165) is 17.8 Å². The number of carboxylic acid groups (broad SMARTS) is 1. The molecule has 3 nitrogen and oxygen atoms in total. The second-order valence-corrected chi connectivity index (χ2v) is 4.63. The molecule has 0 aliphatic carbocycles. The molecule has 0 aromatic carbocycles. The number of rotatable bonds is 3. The molecule has 0 saturated carbocycles. The van der Waals surface area contributed by atoms with Crippen molar-refractivity contribution in [1.29, 1.82) is 0 Å². The minimum Gasteiger partial charge on any atom is -0.478 e. The molecule has 0 atom stereocenters. The van der Waals surface area contributed by atoms with Crippen molar-refractivity contribution in [2.75, 3.05) is 0 Å². The van der Waals surface area contributed by atoms with Crippen LogP contribution in [0.5, 0.6) is 0 Å². The first-order valence-corrected chi connectivity index (χ1v) is 5.21. The van der Waals surface area contributed by atoms with E-state index < -0.39 is 5.97 Å². The molecule has 15 heavy (non-hydrogen) atoms. The van der Waals surface area contributed by atoms with Crippen molar-refractivity contribution in [3.63, 3.8) is 0 Å². The Bertz CT molecular complexity index is 389. The fraction of sp³-hybridized carbons (Fsp3) is 0.583. The van der Waals surface area contributed by atoms with Crippen LogP contribution in [0.25, 0.3) is 0 Å². The zero-order valence-electron chi connectivity index (χ0n) is 10.1. The smallest absolute Gasteiger partial charge is 0.337 e. The molecule has 84 valence electrons. The van der Waals surface area contributed by atoms with Gasteiger partial charge in [0.15, 0.2) is 0 Å². The number of carboxylic acids is 1. The van der Waals surface area contributed by atoms with Crippen molar-refractivity contribution in [1.82, 2.24) is 4.57 Å². The van der Waals surface area contributed by atoms with Gasteiger partial charge in [0, 0.05) is 23.9 Å². The predicted molar refractivity (Wildman–Crippen MR) is 60.4 cm³/mol. The molecular formula is C12H19NO2. The minimum atomic E-state index is -0.846. The summed E-state index contributed by atoms with van der Waals surface area (Å²) < 4.78 is 1.98. The van der Waals surface area contributed by atoms with Crippen LogP contribution in [0.1, 0.15) is 48.9 Å². The SMILES string of the molecule is CCC(C)(C)c1cc(C(=O)O)c(C)n1C. The zero-order valence-corrected chi connectivity index (χ0v) is 10.1. The summed E-state index contributed by atoms with van der Waals surface area (Å²) in [5, 5.41) is 9.03. The third kappa shape index (κ3) is 1.91. The average molecular weight is 209 g/mol. The summed E-state index contributed by atoms with van der Waals surface area (Å²) in [6.45, 7) is 8.22. The van der Waals surface area contributed by atoms with E-state index in [-0.39, 0.29) is 5.41 Å². The summed E-state index contributed by atoms with van der Waals surface area (Å²) in [4.78, 5) is 11.0. The Morgan fingerprint density at radius 3 is 2.40 bits per heavy atom. The zero-order chi connectivity index (χ0) is 11.8. The molecule has 0 aliphatic heterocycles. The monoisotopic (exact) mass is 209 g/mol. The first-order valence-electron chi connectivity index (χ1n) is 5.21. The largest absolute Gasteiger partial charge is 0.478 e. The average Bonchev–Trinajstić information content (AvgIpc) is 2.45. The van der Waals surface area contributed by atoms with Gasteiger partial charge in [0.2, 0.25) is 0 Å². The number of nitrogens with zero attached hydrogens (tertiary/aromatic N) is 1. The van der Waals surface area contributed by atoms with Crippen LogP contribution in [0, 0.1) is 6.92 Å². The van der Waals surface area contributed by atoms with Gasteiger partial charge in [0.1, 0.15) is 0 Å². The third-order valence-corrected chi connectivity index (χ3v) is 3.34. The van der Waals surface area contributed by atoms with Gasteiger partial charge >= 0.3 is 5.97 Å². The van der Waals surface area contributed by atoms with Gasteiger partial charge in [-0.05, 0) is 19.4 Å². The predicted octanol–water partition coefficient (Wildman–Crippen LogP) is 2.72. The van der Waals surface area contributed by atoms with Crippen LogP contribution in [0.15, 0.2) is 6.07 Å². The molecule has 0 bridgehead atoms. The Kier molecular flexibility index (Phi) is 2.93. The summed E-state index contributed by atoms with van der Waals surface area (Å²) in [6, 6.07) is 1.79. The first kappa shape index (κ1) is 11.8. The maximum atomic E-state index is 11.0. The van der Waals surface area contributed by atoms with Crippen molar-refractivity contribution < 1.29 is 9.90 Å². The quantitative estimate of drug-likeness (QED) is 0.831. The van der Waals surface area contributed by atoms with E-state index in [1.807, 2.05) is 18.5 Å². The summed E-state index contributed by atoms with van der Waals surface area (Å²) in [5.74, 6) is -0.846. The van der Waals surface area contributed by atoms with Gasteiger partial charge in [0.25, 0.3) is 0 Å². The Hall–Kier alpha value is -1.25. The molecule has 0 fully saturated rings. The van der Waals surface area contributed by atoms with Crippen molar-refractivity contribution in [3.05, 3.63) is 23.0 Å². The fourth-order valence-electron chi connectivity index (χ4n) is 1.75. The number of hydrogen-bond acceptors (Lipinski definition) is 1. The van der Waals surface area contributed by atoms with Gasteiger partial charge in [0.05, 0.1) is 5.56 Å². The molecule has 1 rings (SSSR count). The maximum absolute atomic E-state index is 11.0. The van der Waals surface area contributed by atoms with E-state index in [4.69, 9.17) is 5.11 Å². The molecule has 1 aromatic rings. The molecule has 1 heterocycles. The summed E-state index contributed by atoms with van der Waals surface area (Å²) in [6.07, 6.45) is 0.989. The molecule has 3 heteroatoms. The molecule has 0 unspecified atom stereocenters. The van der Waals surface area contributed by atoms with Crippen LogP contribution in [-0.2, 0) is 12.5 Å². The van der Waals surface area contributed by atoms with Crippen LogP contribution < -0.4 is 0 Å². The highest BCUT2D eigenvalue weighted by atomic mass is 16.4. The third-order valence-electron chi connectivity index (χ3n) is 3.34. The van der Waals surface area contributed by atoms with E-state index >= 15 is 0 Å². The molecule has 0 spiro atoms. The summed E-state index contributed by atoms with van der Waals surface area (Å²) >= 11 is 0. The molecule has 1 N–H and O–H groups in total. The summed E-state index contributed by atoms with van der Waals surface area (Å²) in [5.41, 5.74) is 2.33. The molecular weight excluding hydrogens is 190 g/mol. The second-order valence-electron chi connectivity index (χ2n) is 4.63. The highest BCUT2D eigenvalue weighted by molar-refractivity contribution is 5.89. The maximum Gasteiger partial charge on any atom is 0.337 e. The number of aromatic nitrogens is 1. The second kappa shape index (κ2) is 3.72. The van der Waals surface area contributed by atoms with Crippen LogP contribution in [0.2, 0.25) is 0 Å². The lowest BCUT2D eigenvalue weighted by atomic mass is 9.86. The van der Waals surface area contributed by atoms with Crippen LogP contribution in [-0.4, -0.2) is 15.6 Å². The molecule has 0 amide bonds. The van der Waals surface area contributed by atoms with Gasteiger partial charge in [-0.15, -0.1) is 0 Å². The van der Waals surface area contributed by atoms with E-state index in [1.165, 1.54) is 0 Å². The lowest BCUT2D eigenvalue weighted by Gasteiger charge is -2.24. The minimum absolute atomic E-state index is 0.0210. The van der Waals surface area contributed by atoms with Crippen LogP contribution >= 0.6 is 0 Å². The van der Waals surface area contributed by atoms with Gasteiger partial charge < -0.3 is 9.67 Å². The van der Waals surface area contributed by atoms with Crippen LogP contribution in [0.3, 0.4) is 0 Å². The van der Waals surface area contributed by atoms with E-state index in [2.05, 4.69) is 20.8 Å². The van der Waals surface area contributed by atoms with Crippen molar-refractivity contribution in [2.45, 2.75) is 39.5 Å². The Morgan fingerprint density at radius 1 is 1.53 bits per heavy atom. The Labute approximate surface area is 90.7 Å². The van der Waals surface area contributed by atoms with E-state index in [9.17, 15) is 4.79 Å². The van der Waals surface area contributed by atoms with Crippen molar-refractivity contribution >= 4 is 5.97 Å². The first-order chi connectivity index (χ1) is 6.81. The Morgan fingerprint density at radius 2 is 2.07 bits per heavy atom. The van der Waals surface area contributed by atoms with Crippen molar-refractivity contribution in [3.8, 4) is 0 Å².